The number of pyridine rings is 1. The molecule has 2 heteroatoms. The number of aryl methyl sites for hydroxylation is 1. The summed E-state index contributed by atoms with van der Waals surface area (Å²) in [5.41, 5.74) is 2.54. The Kier molecular flexibility index (Phi) is 6.00. The van der Waals surface area contributed by atoms with Crippen molar-refractivity contribution in [2.24, 2.45) is 0 Å². The smallest absolute Gasteiger partial charge is 0.0733 e. The Balaban J connectivity index is 2.03. The van der Waals surface area contributed by atoms with Gasteiger partial charge in [0.2, 0.25) is 0 Å². The second-order valence-electron chi connectivity index (χ2n) is 5.47. The van der Waals surface area contributed by atoms with Crippen LogP contribution >= 0.6 is 0 Å². The minimum absolute atomic E-state index is 0.638. The van der Waals surface area contributed by atoms with Crippen molar-refractivity contribution < 1.29 is 0 Å². The molecule has 1 unspecified atom stereocenters. The van der Waals surface area contributed by atoms with Gasteiger partial charge in [0, 0.05) is 17.6 Å². The molecule has 1 heterocycles. The second kappa shape index (κ2) is 8.01. The van der Waals surface area contributed by atoms with Crippen LogP contribution in [0.3, 0.4) is 0 Å². The van der Waals surface area contributed by atoms with Gasteiger partial charge in [0.15, 0.2) is 0 Å². The van der Waals surface area contributed by atoms with E-state index in [0.29, 0.717) is 6.04 Å². The maximum atomic E-state index is 4.55. The number of para-hydroxylation sites is 1. The first kappa shape index (κ1) is 15.0. The number of nitrogens with one attached hydrogen (secondary N) is 1. The average Bonchev–Trinajstić information content (AvgIpc) is 2.50. The monoisotopic (exact) mass is 270 g/mol. The molecule has 108 valence electrons. The first-order valence-electron chi connectivity index (χ1n) is 7.91. The van der Waals surface area contributed by atoms with Gasteiger partial charge in [-0.3, -0.25) is 4.98 Å². The standard InChI is InChI=1S/C18H26N2/c1-3-7-17(19-13-4-2)12-11-16-9-5-8-15-10-6-14-20-18(15)16/h5-6,8-10,14,17,19H,3-4,7,11-13H2,1-2H3. The molecule has 1 aromatic carbocycles. The third-order valence-electron chi connectivity index (χ3n) is 3.80. The maximum absolute atomic E-state index is 4.55. The lowest BCUT2D eigenvalue weighted by atomic mass is 10.00. The maximum Gasteiger partial charge on any atom is 0.0733 e. The Bertz CT molecular complexity index is 516. The van der Waals surface area contributed by atoms with Gasteiger partial charge >= 0.3 is 0 Å². The third-order valence-corrected chi connectivity index (χ3v) is 3.80. The van der Waals surface area contributed by atoms with E-state index < -0.39 is 0 Å². The zero-order valence-electron chi connectivity index (χ0n) is 12.7. The molecule has 2 aromatic rings. The summed E-state index contributed by atoms with van der Waals surface area (Å²) in [5.74, 6) is 0. The minimum atomic E-state index is 0.638. The van der Waals surface area contributed by atoms with E-state index in [9.17, 15) is 0 Å². The van der Waals surface area contributed by atoms with E-state index in [1.807, 2.05) is 12.3 Å². The molecule has 0 spiro atoms. The molecule has 0 amide bonds. The predicted octanol–water partition coefficient (Wildman–Crippen LogP) is 4.34. The fourth-order valence-electron chi connectivity index (χ4n) is 2.74. The Morgan fingerprint density at radius 3 is 2.70 bits per heavy atom. The molecule has 0 fully saturated rings. The largest absolute Gasteiger partial charge is 0.314 e. The van der Waals surface area contributed by atoms with E-state index in [1.54, 1.807) is 0 Å². The molecule has 1 aromatic heterocycles. The number of rotatable bonds is 8. The van der Waals surface area contributed by atoms with Crippen LogP contribution in [-0.2, 0) is 6.42 Å². The van der Waals surface area contributed by atoms with E-state index in [-0.39, 0.29) is 0 Å². The minimum Gasteiger partial charge on any atom is -0.314 e. The molecular formula is C18H26N2. The quantitative estimate of drug-likeness (QED) is 0.772. The van der Waals surface area contributed by atoms with Crippen LogP contribution in [0.5, 0.6) is 0 Å². The Labute approximate surface area is 122 Å². The first-order chi connectivity index (χ1) is 9.85. The number of aromatic nitrogens is 1. The van der Waals surface area contributed by atoms with Gasteiger partial charge in [-0.05, 0) is 43.9 Å². The second-order valence-corrected chi connectivity index (χ2v) is 5.47. The molecule has 0 aliphatic heterocycles. The number of hydrogen-bond acceptors (Lipinski definition) is 2. The van der Waals surface area contributed by atoms with Gasteiger partial charge in [0.25, 0.3) is 0 Å². The molecule has 0 radical (unpaired) electrons. The van der Waals surface area contributed by atoms with Crippen molar-refractivity contribution in [2.45, 2.75) is 52.0 Å². The van der Waals surface area contributed by atoms with Crippen LogP contribution in [0.25, 0.3) is 10.9 Å². The van der Waals surface area contributed by atoms with Crippen LogP contribution < -0.4 is 5.32 Å². The summed E-state index contributed by atoms with van der Waals surface area (Å²) in [5, 5.41) is 4.92. The molecule has 2 nitrogen and oxygen atoms in total. The van der Waals surface area contributed by atoms with Crippen LogP contribution in [0, 0.1) is 0 Å². The van der Waals surface area contributed by atoms with Crippen molar-refractivity contribution in [3.8, 4) is 0 Å². The molecule has 0 saturated heterocycles. The molecule has 0 aliphatic rings. The van der Waals surface area contributed by atoms with Crippen molar-refractivity contribution >= 4 is 10.9 Å². The van der Waals surface area contributed by atoms with Gasteiger partial charge in [-0.25, -0.2) is 0 Å². The highest BCUT2D eigenvalue weighted by Crippen LogP contribution is 2.18. The Morgan fingerprint density at radius 1 is 1.05 bits per heavy atom. The van der Waals surface area contributed by atoms with E-state index in [0.717, 1.165) is 13.0 Å². The van der Waals surface area contributed by atoms with E-state index >= 15 is 0 Å². The van der Waals surface area contributed by atoms with Gasteiger partial charge < -0.3 is 5.32 Å². The third kappa shape index (κ3) is 4.04. The number of hydrogen-bond donors (Lipinski definition) is 1. The normalized spacial score (nSPS) is 12.7. The van der Waals surface area contributed by atoms with Crippen LogP contribution in [-0.4, -0.2) is 17.6 Å². The predicted molar refractivity (Wildman–Crippen MR) is 87.1 cm³/mol. The zero-order chi connectivity index (χ0) is 14.2. The van der Waals surface area contributed by atoms with Crippen molar-refractivity contribution in [3.63, 3.8) is 0 Å². The summed E-state index contributed by atoms with van der Waals surface area (Å²) in [6.07, 6.45) is 7.91. The average molecular weight is 270 g/mol. The molecule has 1 atom stereocenters. The van der Waals surface area contributed by atoms with E-state index in [2.05, 4.69) is 48.4 Å². The highest BCUT2D eigenvalue weighted by molar-refractivity contribution is 5.81. The highest BCUT2D eigenvalue weighted by atomic mass is 14.9. The molecule has 0 aliphatic carbocycles. The van der Waals surface area contributed by atoms with Crippen LogP contribution in [0.1, 0.15) is 45.1 Å². The van der Waals surface area contributed by atoms with Gasteiger partial charge in [-0.2, -0.15) is 0 Å². The van der Waals surface area contributed by atoms with Gasteiger partial charge in [0.1, 0.15) is 0 Å². The summed E-state index contributed by atoms with van der Waals surface area (Å²) in [6, 6.07) is 11.3. The summed E-state index contributed by atoms with van der Waals surface area (Å²) in [6.45, 7) is 5.61. The highest BCUT2D eigenvalue weighted by Gasteiger charge is 2.08. The first-order valence-corrected chi connectivity index (χ1v) is 7.91. The summed E-state index contributed by atoms with van der Waals surface area (Å²) >= 11 is 0. The molecular weight excluding hydrogens is 244 g/mol. The Morgan fingerprint density at radius 2 is 1.90 bits per heavy atom. The summed E-state index contributed by atoms with van der Waals surface area (Å²) < 4.78 is 0. The summed E-state index contributed by atoms with van der Waals surface area (Å²) in [4.78, 5) is 4.55. The molecule has 2 rings (SSSR count). The Hall–Kier alpha value is -1.41. The number of nitrogens with zero attached hydrogens (tertiary/aromatic N) is 1. The van der Waals surface area contributed by atoms with Crippen LogP contribution in [0.15, 0.2) is 36.5 Å². The fourth-order valence-corrected chi connectivity index (χ4v) is 2.74. The van der Waals surface area contributed by atoms with Crippen molar-refractivity contribution in [1.82, 2.24) is 10.3 Å². The lowest BCUT2D eigenvalue weighted by molar-refractivity contribution is 0.449. The summed E-state index contributed by atoms with van der Waals surface area (Å²) in [7, 11) is 0. The lowest BCUT2D eigenvalue weighted by Crippen LogP contribution is -2.30. The van der Waals surface area contributed by atoms with E-state index in [1.165, 1.54) is 42.1 Å². The topological polar surface area (TPSA) is 24.9 Å². The molecule has 20 heavy (non-hydrogen) atoms. The molecule has 1 N–H and O–H groups in total. The van der Waals surface area contributed by atoms with Gasteiger partial charge in [0.05, 0.1) is 5.52 Å². The van der Waals surface area contributed by atoms with Crippen molar-refractivity contribution in [2.75, 3.05) is 6.54 Å². The fraction of sp³-hybridized carbons (Fsp3) is 0.500. The van der Waals surface area contributed by atoms with Crippen molar-refractivity contribution in [1.29, 1.82) is 0 Å². The van der Waals surface area contributed by atoms with Gasteiger partial charge in [-0.15, -0.1) is 0 Å². The zero-order valence-corrected chi connectivity index (χ0v) is 12.7. The van der Waals surface area contributed by atoms with Gasteiger partial charge in [-0.1, -0.05) is 44.5 Å². The number of benzene rings is 1. The van der Waals surface area contributed by atoms with Crippen molar-refractivity contribution in [3.05, 3.63) is 42.1 Å². The SMILES string of the molecule is CCCNC(CCC)CCc1cccc2cccnc12. The lowest BCUT2D eigenvalue weighted by Gasteiger charge is -2.18. The molecule has 0 saturated carbocycles. The number of fused-ring (bicyclic) bond motifs is 1. The van der Waals surface area contributed by atoms with E-state index in [4.69, 9.17) is 0 Å². The van der Waals surface area contributed by atoms with Crippen LogP contribution in [0.2, 0.25) is 0 Å². The van der Waals surface area contributed by atoms with Crippen LogP contribution in [0.4, 0.5) is 0 Å². The molecule has 0 bridgehead atoms.